The molecule has 0 saturated heterocycles. The molecule has 2 N–H and O–H groups in total. The Hall–Kier alpha value is -3.51. The predicted octanol–water partition coefficient (Wildman–Crippen LogP) is 5.30. The van der Waals surface area contributed by atoms with Gasteiger partial charge in [-0.25, -0.2) is 4.98 Å². The first-order chi connectivity index (χ1) is 14.2. The molecule has 6 heteroatoms. The number of aromatic nitrogens is 2. The molecule has 5 nitrogen and oxygen atoms in total. The van der Waals surface area contributed by atoms with Crippen molar-refractivity contribution in [3.8, 4) is 0 Å². The van der Waals surface area contributed by atoms with Crippen LogP contribution in [0.5, 0.6) is 0 Å². The van der Waals surface area contributed by atoms with Crippen LogP contribution in [0.2, 0.25) is 0 Å². The van der Waals surface area contributed by atoms with E-state index < -0.39 is 0 Å². The summed E-state index contributed by atoms with van der Waals surface area (Å²) < 4.78 is 0. The second-order valence-corrected chi connectivity index (χ2v) is 7.80. The molecule has 29 heavy (non-hydrogen) atoms. The van der Waals surface area contributed by atoms with E-state index in [9.17, 15) is 4.79 Å². The van der Waals surface area contributed by atoms with Gasteiger partial charge in [-0.05, 0) is 48.9 Å². The maximum atomic E-state index is 12.7. The van der Waals surface area contributed by atoms with Gasteiger partial charge in [0.25, 0.3) is 5.91 Å². The van der Waals surface area contributed by atoms with Crippen molar-refractivity contribution >= 4 is 28.1 Å². The average molecular weight is 401 g/mol. The quantitative estimate of drug-likeness (QED) is 0.461. The Balaban J connectivity index is 1.70. The third kappa shape index (κ3) is 4.50. The van der Waals surface area contributed by atoms with Crippen LogP contribution in [0.25, 0.3) is 0 Å². The minimum atomic E-state index is -0.199. The Morgan fingerprint density at radius 2 is 1.83 bits per heavy atom. The predicted molar refractivity (Wildman–Crippen MR) is 117 cm³/mol. The van der Waals surface area contributed by atoms with Crippen LogP contribution in [-0.4, -0.2) is 15.9 Å². The molecule has 144 valence electrons. The van der Waals surface area contributed by atoms with Crippen LogP contribution in [0.1, 0.15) is 32.4 Å². The number of carbonyl (C=O) groups is 1. The molecular formula is C23H20N4OS. The molecular weight excluding hydrogens is 380 g/mol. The van der Waals surface area contributed by atoms with Gasteiger partial charge < -0.3 is 10.6 Å². The smallest absolute Gasteiger partial charge is 0.256 e. The number of nitrogens with zero attached hydrogens (tertiary/aromatic N) is 2. The number of amides is 1. The van der Waals surface area contributed by atoms with Gasteiger partial charge in [-0.1, -0.05) is 30.3 Å². The van der Waals surface area contributed by atoms with Crippen molar-refractivity contribution in [2.75, 3.05) is 10.6 Å². The molecule has 0 saturated carbocycles. The van der Waals surface area contributed by atoms with Gasteiger partial charge >= 0.3 is 0 Å². The highest BCUT2D eigenvalue weighted by Crippen LogP contribution is 2.37. The zero-order chi connectivity index (χ0) is 20.1. The number of hydrogen-bond donors (Lipinski definition) is 2. The largest absolute Gasteiger partial charge is 0.359 e. The molecule has 4 aromatic rings. The molecule has 0 aliphatic rings. The van der Waals surface area contributed by atoms with E-state index >= 15 is 0 Å². The zero-order valence-corrected chi connectivity index (χ0v) is 16.7. The second kappa shape index (κ2) is 8.67. The molecule has 0 unspecified atom stereocenters. The van der Waals surface area contributed by atoms with Crippen molar-refractivity contribution in [1.29, 1.82) is 0 Å². The minimum Gasteiger partial charge on any atom is -0.359 e. The highest BCUT2D eigenvalue weighted by Gasteiger charge is 2.22. The lowest BCUT2D eigenvalue weighted by molar-refractivity contribution is 0.102. The molecule has 0 spiro atoms. The van der Waals surface area contributed by atoms with Crippen molar-refractivity contribution in [3.05, 3.63) is 107 Å². The third-order valence-electron chi connectivity index (χ3n) is 4.43. The van der Waals surface area contributed by atoms with E-state index in [-0.39, 0.29) is 11.9 Å². The number of carbonyl (C=O) groups excluding carboxylic acids is 1. The number of benzene rings is 1. The molecule has 1 atom stereocenters. The van der Waals surface area contributed by atoms with E-state index in [1.54, 1.807) is 35.9 Å². The van der Waals surface area contributed by atoms with Crippen LogP contribution < -0.4 is 10.6 Å². The van der Waals surface area contributed by atoms with Crippen molar-refractivity contribution in [3.63, 3.8) is 0 Å². The van der Waals surface area contributed by atoms with Crippen LogP contribution >= 0.6 is 11.3 Å². The molecule has 3 aromatic heterocycles. The Bertz CT molecular complexity index is 1080. The van der Waals surface area contributed by atoms with Crippen LogP contribution in [0.4, 0.5) is 10.8 Å². The van der Waals surface area contributed by atoms with Crippen molar-refractivity contribution < 1.29 is 4.79 Å². The molecule has 1 amide bonds. The summed E-state index contributed by atoms with van der Waals surface area (Å²) in [5, 5.41) is 7.38. The minimum absolute atomic E-state index is 0.128. The highest BCUT2D eigenvalue weighted by molar-refractivity contribution is 7.16. The summed E-state index contributed by atoms with van der Waals surface area (Å²) in [6.07, 6.45) is 5.33. The molecule has 4 rings (SSSR count). The summed E-state index contributed by atoms with van der Waals surface area (Å²) in [7, 11) is 0. The zero-order valence-electron chi connectivity index (χ0n) is 15.9. The van der Waals surface area contributed by atoms with Crippen LogP contribution in [-0.2, 0) is 0 Å². The molecule has 1 aromatic carbocycles. The molecule has 0 aliphatic heterocycles. The summed E-state index contributed by atoms with van der Waals surface area (Å²) in [4.78, 5) is 22.5. The molecule has 0 fully saturated rings. The number of rotatable bonds is 6. The Labute approximate surface area is 173 Å². The summed E-state index contributed by atoms with van der Waals surface area (Å²) >= 11 is 1.56. The molecule has 3 heterocycles. The normalized spacial score (nSPS) is 11.6. The van der Waals surface area contributed by atoms with Gasteiger partial charge in [0.05, 0.1) is 6.04 Å². The van der Waals surface area contributed by atoms with E-state index in [0.717, 1.165) is 26.8 Å². The number of nitrogens with one attached hydrogen (secondary N) is 2. The SMILES string of the molecule is Cc1cc([C@H](Nc2ccccn2)c2cccnc2)c(NC(=O)c2ccccc2)s1. The molecule has 0 bridgehead atoms. The number of pyridine rings is 2. The molecule has 0 radical (unpaired) electrons. The van der Waals surface area contributed by atoms with E-state index in [4.69, 9.17) is 0 Å². The number of hydrogen-bond acceptors (Lipinski definition) is 5. The van der Waals surface area contributed by atoms with Gasteiger partial charge in [0.15, 0.2) is 0 Å². The fraction of sp³-hybridized carbons (Fsp3) is 0.0870. The van der Waals surface area contributed by atoms with Gasteiger partial charge in [0.2, 0.25) is 0 Å². The van der Waals surface area contributed by atoms with Gasteiger partial charge in [0, 0.05) is 34.6 Å². The van der Waals surface area contributed by atoms with Crippen LogP contribution in [0.15, 0.2) is 85.3 Å². The average Bonchev–Trinajstić information content (AvgIpc) is 3.13. The van der Waals surface area contributed by atoms with Crippen LogP contribution in [0, 0.1) is 6.92 Å². The number of thiophene rings is 1. The summed E-state index contributed by atoms with van der Waals surface area (Å²) in [5.41, 5.74) is 2.60. The standard InChI is InChI=1S/C23H20N4OS/c1-16-14-19(23(29-16)27-22(28)17-8-3-2-4-9-17)21(18-10-7-12-24-15-18)26-20-11-5-6-13-25-20/h2-15,21H,1H3,(H,25,26)(H,27,28)/t21-/m1/s1. The second-order valence-electron chi connectivity index (χ2n) is 6.54. The summed E-state index contributed by atoms with van der Waals surface area (Å²) in [5.74, 6) is 0.627. The van der Waals surface area contributed by atoms with Crippen molar-refractivity contribution in [1.82, 2.24) is 9.97 Å². The van der Waals surface area contributed by atoms with Crippen molar-refractivity contribution in [2.24, 2.45) is 0 Å². The van der Waals surface area contributed by atoms with Gasteiger partial charge in [-0.2, -0.15) is 0 Å². The maximum Gasteiger partial charge on any atom is 0.256 e. The lowest BCUT2D eigenvalue weighted by Gasteiger charge is -2.20. The first kappa shape index (κ1) is 18.8. The lowest BCUT2D eigenvalue weighted by atomic mass is 10.0. The van der Waals surface area contributed by atoms with Crippen LogP contribution in [0.3, 0.4) is 0 Å². The first-order valence-corrected chi connectivity index (χ1v) is 10.1. The summed E-state index contributed by atoms with van der Waals surface area (Å²) in [6, 6.07) is 20.8. The fourth-order valence-corrected chi connectivity index (χ4v) is 4.04. The van der Waals surface area contributed by atoms with Gasteiger partial charge in [-0.15, -0.1) is 11.3 Å². The number of anilines is 2. The Morgan fingerprint density at radius 3 is 2.55 bits per heavy atom. The van der Waals surface area contributed by atoms with E-state index in [2.05, 4.69) is 26.7 Å². The van der Waals surface area contributed by atoms with E-state index in [0.29, 0.717) is 5.56 Å². The highest BCUT2D eigenvalue weighted by atomic mass is 32.1. The Morgan fingerprint density at radius 1 is 1.00 bits per heavy atom. The monoisotopic (exact) mass is 400 g/mol. The van der Waals surface area contributed by atoms with Gasteiger partial charge in [0.1, 0.15) is 10.8 Å². The Kier molecular flexibility index (Phi) is 5.63. The summed E-state index contributed by atoms with van der Waals surface area (Å²) in [6.45, 7) is 2.04. The van der Waals surface area contributed by atoms with Gasteiger partial charge in [-0.3, -0.25) is 9.78 Å². The third-order valence-corrected chi connectivity index (χ3v) is 5.41. The maximum absolute atomic E-state index is 12.7. The first-order valence-electron chi connectivity index (χ1n) is 9.25. The fourth-order valence-electron chi connectivity index (χ4n) is 3.09. The molecule has 0 aliphatic carbocycles. The van der Waals surface area contributed by atoms with E-state index in [1.165, 1.54) is 0 Å². The van der Waals surface area contributed by atoms with Crippen molar-refractivity contribution in [2.45, 2.75) is 13.0 Å². The number of aryl methyl sites for hydroxylation is 1. The topological polar surface area (TPSA) is 66.9 Å². The van der Waals surface area contributed by atoms with E-state index in [1.807, 2.05) is 61.7 Å². The lowest BCUT2D eigenvalue weighted by Crippen LogP contribution is -2.17.